The molecule has 0 bridgehead atoms. The molecule has 0 aliphatic carbocycles. The second kappa shape index (κ2) is 6.23. The molecule has 19 heavy (non-hydrogen) atoms. The van der Waals surface area contributed by atoms with Crippen molar-refractivity contribution >= 4 is 28.5 Å². The summed E-state index contributed by atoms with van der Waals surface area (Å²) >= 11 is 6.71. The smallest absolute Gasteiger partial charge is 0.123 e. The van der Waals surface area contributed by atoms with E-state index in [9.17, 15) is 4.39 Å². The number of nitrogens with zero attached hydrogens (tertiary/aromatic N) is 1. The van der Waals surface area contributed by atoms with E-state index in [2.05, 4.69) is 11.0 Å². The van der Waals surface area contributed by atoms with Crippen molar-refractivity contribution in [2.75, 3.05) is 7.05 Å². The van der Waals surface area contributed by atoms with Crippen molar-refractivity contribution < 1.29 is 4.39 Å². The highest BCUT2D eigenvalue weighted by Gasteiger charge is 2.10. The Morgan fingerprint density at radius 3 is 2.79 bits per heavy atom. The van der Waals surface area contributed by atoms with Gasteiger partial charge in [-0.05, 0) is 42.3 Å². The van der Waals surface area contributed by atoms with Gasteiger partial charge in [0.25, 0.3) is 0 Å². The van der Waals surface area contributed by atoms with Gasteiger partial charge in [-0.1, -0.05) is 18.3 Å². The van der Waals surface area contributed by atoms with E-state index in [4.69, 9.17) is 18.0 Å². The summed E-state index contributed by atoms with van der Waals surface area (Å²) in [4.78, 5) is 3.69. The van der Waals surface area contributed by atoms with Gasteiger partial charge in [-0.2, -0.15) is 0 Å². The fourth-order valence-corrected chi connectivity index (χ4v) is 2.93. The predicted molar refractivity (Wildman–Crippen MR) is 81.8 cm³/mol. The zero-order valence-electron chi connectivity index (χ0n) is 10.6. The van der Waals surface area contributed by atoms with Gasteiger partial charge in [-0.25, -0.2) is 4.39 Å². The topological polar surface area (TPSA) is 29.3 Å². The molecule has 0 saturated heterocycles. The van der Waals surface area contributed by atoms with Crippen LogP contribution in [0.4, 0.5) is 4.39 Å². The molecule has 0 aliphatic heterocycles. The van der Waals surface area contributed by atoms with E-state index in [1.54, 1.807) is 17.4 Å². The molecule has 0 fully saturated rings. The van der Waals surface area contributed by atoms with Crippen LogP contribution in [0.25, 0.3) is 0 Å². The number of hydrogen-bond donors (Lipinski definition) is 1. The molecular weight excluding hydrogens is 279 g/mol. The molecule has 0 spiro atoms. The molecule has 0 unspecified atom stereocenters. The minimum atomic E-state index is -0.264. The van der Waals surface area contributed by atoms with Crippen LogP contribution in [0.2, 0.25) is 0 Å². The molecule has 0 saturated carbocycles. The number of thiocarbonyl (C=S) groups is 1. The SMILES string of the molecule is CN(Cc1cccs1)Cc1cc(F)ccc1C(N)=S. The molecule has 100 valence electrons. The number of rotatable bonds is 5. The second-order valence-electron chi connectivity index (χ2n) is 4.42. The maximum absolute atomic E-state index is 13.3. The van der Waals surface area contributed by atoms with Crippen molar-refractivity contribution in [3.8, 4) is 0 Å². The Labute approximate surface area is 121 Å². The predicted octanol–water partition coefficient (Wildman–Crippen LogP) is 3.15. The molecule has 0 radical (unpaired) electrons. The molecule has 2 aromatic rings. The van der Waals surface area contributed by atoms with Gasteiger partial charge in [0.1, 0.15) is 10.8 Å². The van der Waals surface area contributed by atoms with Crippen molar-refractivity contribution in [2.45, 2.75) is 13.1 Å². The molecule has 1 heterocycles. The van der Waals surface area contributed by atoms with Crippen LogP contribution in [0.15, 0.2) is 35.7 Å². The fourth-order valence-electron chi connectivity index (χ4n) is 1.95. The number of hydrogen-bond acceptors (Lipinski definition) is 3. The van der Waals surface area contributed by atoms with Crippen LogP contribution < -0.4 is 5.73 Å². The first-order valence-corrected chi connectivity index (χ1v) is 7.14. The quantitative estimate of drug-likeness (QED) is 0.859. The zero-order chi connectivity index (χ0) is 13.8. The summed E-state index contributed by atoms with van der Waals surface area (Å²) in [7, 11) is 1.99. The maximum atomic E-state index is 13.3. The van der Waals surface area contributed by atoms with Gasteiger partial charge in [0.05, 0.1) is 0 Å². The second-order valence-corrected chi connectivity index (χ2v) is 5.89. The van der Waals surface area contributed by atoms with Crippen LogP contribution in [-0.4, -0.2) is 16.9 Å². The fraction of sp³-hybridized carbons (Fsp3) is 0.214. The number of benzene rings is 1. The Kier molecular flexibility index (Phi) is 4.63. The standard InChI is InChI=1S/C14H15FN2S2/c1-17(9-12-3-2-6-19-12)8-10-7-11(15)4-5-13(10)14(16)18/h2-7H,8-9H2,1H3,(H2,16,18). The van der Waals surface area contributed by atoms with Crippen molar-refractivity contribution in [3.63, 3.8) is 0 Å². The van der Waals surface area contributed by atoms with E-state index in [1.165, 1.54) is 17.0 Å². The molecule has 2 rings (SSSR count). The van der Waals surface area contributed by atoms with Gasteiger partial charge in [0.15, 0.2) is 0 Å². The Morgan fingerprint density at radius 2 is 2.16 bits per heavy atom. The van der Waals surface area contributed by atoms with Crippen LogP contribution in [-0.2, 0) is 13.1 Å². The first-order valence-electron chi connectivity index (χ1n) is 5.85. The minimum absolute atomic E-state index is 0.264. The van der Waals surface area contributed by atoms with Crippen molar-refractivity contribution in [2.24, 2.45) is 5.73 Å². The van der Waals surface area contributed by atoms with E-state index in [1.807, 2.05) is 18.5 Å². The lowest BCUT2D eigenvalue weighted by Gasteiger charge is -2.18. The summed E-state index contributed by atoms with van der Waals surface area (Å²) in [5, 5.41) is 2.05. The van der Waals surface area contributed by atoms with Crippen molar-refractivity contribution in [3.05, 3.63) is 57.5 Å². The molecule has 2 nitrogen and oxygen atoms in total. The summed E-state index contributed by atoms with van der Waals surface area (Å²) < 4.78 is 13.3. The Hall–Kier alpha value is -1.30. The molecule has 0 aliphatic rings. The van der Waals surface area contributed by atoms with E-state index < -0.39 is 0 Å². The van der Waals surface area contributed by atoms with Gasteiger partial charge < -0.3 is 5.73 Å². The average molecular weight is 294 g/mol. The lowest BCUT2D eigenvalue weighted by atomic mass is 10.1. The monoisotopic (exact) mass is 294 g/mol. The van der Waals surface area contributed by atoms with E-state index in [0.717, 1.165) is 17.7 Å². The molecule has 0 atom stereocenters. The van der Waals surface area contributed by atoms with Crippen molar-refractivity contribution in [1.29, 1.82) is 0 Å². The third-order valence-electron chi connectivity index (χ3n) is 2.78. The lowest BCUT2D eigenvalue weighted by molar-refractivity contribution is 0.321. The van der Waals surface area contributed by atoms with Gasteiger partial charge in [-0.3, -0.25) is 4.90 Å². The number of thiophene rings is 1. The summed E-state index contributed by atoms with van der Waals surface area (Å²) in [5.74, 6) is -0.264. The molecule has 1 aromatic carbocycles. The summed E-state index contributed by atoms with van der Waals surface area (Å²) in [6.07, 6.45) is 0. The highest BCUT2D eigenvalue weighted by molar-refractivity contribution is 7.80. The summed E-state index contributed by atoms with van der Waals surface area (Å²) in [6.45, 7) is 1.44. The van der Waals surface area contributed by atoms with Gasteiger partial charge >= 0.3 is 0 Å². The molecular formula is C14H15FN2S2. The first-order chi connectivity index (χ1) is 9.06. The third kappa shape index (κ3) is 3.83. The van der Waals surface area contributed by atoms with Gasteiger partial charge in [-0.15, -0.1) is 11.3 Å². The highest BCUT2D eigenvalue weighted by atomic mass is 32.1. The van der Waals surface area contributed by atoms with Gasteiger partial charge in [0.2, 0.25) is 0 Å². The molecule has 2 N–H and O–H groups in total. The van der Waals surface area contributed by atoms with Crippen LogP contribution in [0.5, 0.6) is 0 Å². The Morgan fingerprint density at radius 1 is 1.37 bits per heavy atom. The van der Waals surface area contributed by atoms with Crippen LogP contribution in [0.1, 0.15) is 16.0 Å². The largest absolute Gasteiger partial charge is 0.389 e. The lowest BCUT2D eigenvalue weighted by Crippen LogP contribution is -2.20. The number of halogens is 1. The normalized spacial score (nSPS) is 10.9. The van der Waals surface area contributed by atoms with E-state index in [-0.39, 0.29) is 5.82 Å². The van der Waals surface area contributed by atoms with E-state index in [0.29, 0.717) is 11.5 Å². The first kappa shape index (κ1) is 14.1. The maximum Gasteiger partial charge on any atom is 0.123 e. The highest BCUT2D eigenvalue weighted by Crippen LogP contribution is 2.16. The third-order valence-corrected chi connectivity index (χ3v) is 3.86. The Balaban J connectivity index is 2.13. The summed E-state index contributed by atoms with van der Waals surface area (Å²) in [5.41, 5.74) is 7.24. The van der Waals surface area contributed by atoms with Crippen LogP contribution in [0.3, 0.4) is 0 Å². The molecule has 5 heteroatoms. The average Bonchev–Trinajstić information content (AvgIpc) is 2.81. The summed E-state index contributed by atoms with van der Waals surface area (Å²) in [6, 6.07) is 8.64. The van der Waals surface area contributed by atoms with E-state index >= 15 is 0 Å². The zero-order valence-corrected chi connectivity index (χ0v) is 12.2. The molecule has 0 amide bonds. The van der Waals surface area contributed by atoms with Crippen LogP contribution >= 0.6 is 23.6 Å². The Bertz CT molecular complexity index is 567. The van der Waals surface area contributed by atoms with Crippen molar-refractivity contribution in [1.82, 2.24) is 4.90 Å². The van der Waals surface area contributed by atoms with Crippen LogP contribution in [0, 0.1) is 5.82 Å². The minimum Gasteiger partial charge on any atom is -0.389 e. The number of nitrogens with two attached hydrogens (primary N) is 1. The molecule has 1 aromatic heterocycles. The van der Waals surface area contributed by atoms with Gasteiger partial charge in [0, 0.05) is 23.5 Å².